The minimum absolute atomic E-state index is 0.0316. The Morgan fingerprint density at radius 3 is 2.90 bits per heavy atom. The Balaban J connectivity index is 1.81. The molecule has 2 rings (SSSR count). The lowest BCUT2D eigenvalue weighted by molar-refractivity contribution is -0.137. The summed E-state index contributed by atoms with van der Waals surface area (Å²) < 4.78 is 0. The number of carboxylic acids is 1. The number of rotatable bonds is 5. The molecule has 5 nitrogen and oxygen atoms in total. The second kappa shape index (κ2) is 6.41. The molecule has 1 aliphatic carbocycles. The van der Waals surface area contributed by atoms with Crippen molar-refractivity contribution in [2.24, 2.45) is 0 Å². The minimum Gasteiger partial charge on any atom is -0.481 e. The Kier molecular flexibility index (Phi) is 4.61. The predicted octanol–water partition coefficient (Wildman–Crippen LogP) is 1.83. The largest absolute Gasteiger partial charge is 0.481 e. The van der Waals surface area contributed by atoms with E-state index in [-0.39, 0.29) is 19.0 Å². The summed E-state index contributed by atoms with van der Waals surface area (Å²) in [7, 11) is 1.61. The zero-order valence-corrected chi connectivity index (χ0v) is 11.6. The maximum absolute atomic E-state index is 11.8. The summed E-state index contributed by atoms with van der Waals surface area (Å²) in [5.41, 5.74) is 2.69. The summed E-state index contributed by atoms with van der Waals surface area (Å²) in [6.07, 6.45) is 2.08. The van der Waals surface area contributed by atoms with Gasteiger partial charge in [0.15, 0.2) is 0 Å². The number of urea groups is 1. The summed E-state index contributed by atoms with van der Waals surface area (Å²) in [4.78, 5) is 23.7. The van der Waals surface area contributed by atoms with Gasteiger partial charge in [-0.3, -0.25) is 4.79 Å². The molecule has 2 N–H and O–H groups in total. The van der Waals surface area contributed by atoms with Crippen molar-refractivity contribution in [2.45, 2.75) is 25.2 Å². The second-order valence-electron chi connectivity index (χ2n) is 5.19. The number of carbonyl (C=O) groups is 2. The molecule has 0 aromatic heterocycles. The fourth-order valence-corrected chi connectivity index (χ4v) is 2.57. The lowest BCUT2D eigenvalue weighted by Gasteiger charge is -2.19. The number of benzene rings is 1. The lowest BCUT2D eigenvalue weighted by atomic mass is 10.0. The van der Waals surface area contributed by atoms with Crippen LogP contribution in [0.15, 0.2) is 24.3 Å². The van der Waals surface area contributed by atoms with E-state index in [4.69, 9.17) is 5.11 Å². The molecule has 0 spiro atoms. The molecule has 0 fully saturated rings. The molecule has 0 saturated carbocycles. The third-order valence-electron chi connectivity index (χ3n) is 3.76. The SMILES string of the molecule is CN(CCC(=O)O)C(=O)NCC1CCc2ccccc21. The Labute approximate surface area is 118 Å². The molecule has 1 aromatic rings. The molecule has 1 atom stereocenters. The highest BCUT2D eigenvalue weighted by Crippen LogP contribution is 2.32. The zero-order chi connectivity index (χ0) is 14.5. The number of carbonyl (C=O) groups excluding carboxylic acids is 1. The van der Waals surface area contributed by atoms with Gasteiger partial charge in [-0.1, -0.05) is 24.3 Å². The van der Waals surface area contributed by atoms with E-state index >= 15 is 0 Å². The Hall–Kier alpha value is -2.04. The lowest BCUT2D eigenvalue weighted by Crippen LogP contribution is -2.39. The molecule has 0 aliphatic heterocycles. The number of fused-ring (bicyclic) bond motifs is 1. The maximum Gasteiger partial charge on any atom is 0.317 e. The van der Waals surface area contributed by atoms with Gasteiger partial charge in [0.1, 0.15) is 0 Å². The van der Waals surface area contributed by atoms with Gasteiger partial charge < -0.3 is 15.3 Å². The number of hydrogen-bond acceptors (Lipinski definition) is 2. The van der Waals surface area contributed by atoms with Gasteiger partial charge in [0.05, 0.1) is 6.42 Å². The molecule has 20 heavy (non-hydrogen) atoms. The summed E-state index contributed by atoms with van der Waals surface area (Å²) >= 11 is 0. The van der Waals surface area contributed by atoms with Gasteiger partial charge >= 0.3 is 12.0 Å². The van der Waals surface area contributed by atoms with Gasteiger partial charge in [-0.15, -0.1) is 0 Å². The fourth-order valence-electron chi connectivity index (χ4n) is 2.57. The minimum atomic E-state index is -0.894. The first-order valence-corrected chi connectivity index (χ1v) is 6.86. The Bertz CT molecular complexity index is 502. The number of aliphatic carboxylic acids is 1. The van der Waals surface area contributed by atoms with E-state index in [1.165, 1.54) is 16.0 Å². The fraction of sp³-hybridized carbons (Fsp3) is 0.467. The van der Waals surface area contributed by atoms with Crippen LogP contribution < -0.4 is 5.32 Å². The molecule has 2 amide bonds. The van der Waals surface area contributed by atoms with Crippen LogP contribution in [0.25, 0.3) is 0 Å². The average Bonchev–Trinajstić information content (AvgIpc) is 2.85. The number of carboxylic acid groups (broad SMARTS) is 1. The van der Waals surface area contributed by atoms with E-state index in [1.807, 2.05) is 12.1 Å². The van der Waals surface area contributed by atoms with Gasteiger partial charge in [0, 0.05) is 26.1 Å². The van der Waals surface area contributed by atoms with E-state index in [0.717, 1.165) is 12.8 Å². The van der Waals surface area contributed by atoms with E-state index in [1.54, 1.807) is 7.05 Å². The van der Waals surface area contributed by atoms with Crippen molar-refractivity contribution in [1.82, 2.24) is 10.2 Å². The van der Waals surface area contributed by atoms with E-state index < -0.39 is 5.97 Å². The van der Waals surface area contributed by atoms with Crippen LogP contribution in [0.5, 0.6) is 0 Å². The molecule has 1 aromatic carbocycles. The number of nitrogens with zero attached hydrogens (tertiary/aromatic N) is 1. The van der Waals surface area contributed by atoms with Crippen molar-refractivity contribution in [3.05, 3.63) is 35.4 Å². The van der Waals surface area contributed by atoms with Crippen molar-refractivity contribution in [1.29, 1.82) is 0 Å². The summed E-state index contributed by atoms with van der Waals surface area (Å²) in [6.45, 7) is 0.829. The molecule has 1 aliphatic rings. The first-order chi connectivity index (χ1) is 9.58. The highest BCUT2D eigenvalue weighted by atomic mass is 16.4. The van der Waals surface area contributed by atoms with E-state index in [2.05, 4.69) is 17.4 Å². The van der Waals surface area contributed by atoms with Crippen molar-refractivity contribution in [3.63, 3.8) is 0 Å². The summed E-state index contributed by atoms with van der Waals surface area (Å²) in [5.74, 6) is -0.530. The van der Waals surface area contributed by atoms with Crippen LogP contribution in [-0.4, -0.2) is 42.1 Å². The van der Waals surface area contributed by atoms with Gasteiger partial charge in [-0.25, -0.2) is 4.79 Å². The first kappa shape index (κ1) is 14.4. The molecule has 0 heterocycles. The molecule has 0 bridgehead atoms. The third-order valence-corrected chi connectivity index (χ3v) is 3.76. The van der Waals surface area contributed by atoms with Crippen LogP contribution in [0.3, 0.4) is 0 Å². The number of nitrogens with one attached hydrogen (secondary N) is 1. The van der Waals surface area contributed by atoms with Crippen LogP contribution >= 0.6 is 0 Å². The number of amides is 2. The van der Waals surface area contributed by atoms with E-state index in [9.17, 15) is 9.59 Å². The topological polar surface area (TPSA) is 69.6 Å². The van der Waals surface area contributed by atoms with E-state index in [0.29, 0.717) is 12.5 Å². The van der Waals surface area contributed by atoms with Crippen LogP contribution in [0.1, 0.15) is 29.9 Å². The molecular formula is C15H20N2O3. The van der Waals surface area contributed by atoms with Crippen LogP contribution in [0.2, 0.25) is 0 Å². The summed E-state index contributed by atoms with van der Waals surface area (Å²) in [6, 6.07) is 8.11. The van der Waals surface area contributed by atoms with Gasteiger partial charge in [0.25, 0.3) is 0 Å². The standard InChI is InChI=1S/C15H20N2O3/c1-17(9-8-14(18)19)15(20)16-10-12-7-6-11-4-2-3-5-13(11)12/h2-5,12H,6-10H2,1H3,(H,16,20)(H,18,19). The smallest absolute Gasteiger partial charge is 0.317 e. The molecule has 108 valence electrons. The highest BCUT2D eigenvalue weighted by molar-refractivity contribution is 5.75. The highest BCUT2D eigenvalue weighted by Gasteiger charge is 2.22. The molecule has 5 heteroatoms. The number of aryl methyl sites for hydroxylation is 1. The van der Waals surface area contributed by atoms with Crippen molar-refractivity contribution in [3.8, 4) is 0 Å². The maximum atomic E-state index is 11.8. The quantitative estimate of drug-likeness (QED) is 0.862. The molecular weight excluding hydrogens is 256 g/mol. The van der Waals surface area contributed by atoms with Crippen molar-refractivity contribution in [2.75, 3.05) is 20.1 Å². The Morgan fingerprint density at radius 2 is 2.15 bits per heavy atom. The first-order valence-electron chi connectivity index (χ1n) is 6.86. The van der Waals surface area contributed by atoms with Crippen molar-refractivity contribution < 1.29 is 14.7 Å². The van der Waals surface area contributed by atoms with Crippen LogP contribution in [0.4, 0.5) is 4.79 Å². The van der Waals surface area contributed by atoms with Crippen LogP contribution in [-0.2, 0) is 11.2 Å². The van der Waals surface area contributed by atoms with Gasteiger partial charge in [-0.05, 0) is 24.0 Å². The van der Waals surface area contributed by atoms with Crippen LogP contribution in [0, 0.1) is 0 Å². The predicted molar refractivity (Wildman–Crippen MR) is 75.8 cm³/mol. The molecule has 1 unspecified atom stereocenters. The van der Waals surface area contributed by atoms with Gasteiger partial charge in [0.2, 0.25) is 0 Å². The zero-order valence-electron chi connectivity index (χ0n) is 11.6. The van der Waals surface area contributed by atoms with Crippen molar-refractivity contribution >= 4 is 12.0 Å². The normalized spacial score (nSPS) is 16.6. The monoisotopic (exact) mass is 276 g/mol. The average molecular weight is 276 g/mol. The Morgan fingerprint density at radius 1 is 1.40 bits per heavy atom. The summed E-state index contributed by atoms with van der Waals surface area (Å²) in [5, 5.41) is 11.5. The molecule has 0 saturated heterocycles. The van der Waals surface area contributed by atoms with Gasteiger partial charge in [-0.2, -0.15) is 0 Å². The second-order valence-corrected chi connectivity index (χ2v) is 5.19. The number of hydrogen-bond donors (Lipinski definition) is 2. The molecule has 0 radical (unpaired) electrons. The third kappa shape index (κ3) is 3.50.